The fourth-order valence-electron chi connectivity index (χ4n) is 1.46. The summed E-state index contributed by atoms with van der Waals surface area (Å²) in [6.07, 6.45) is 1.61. The second kappa shape index (κ2) is 5.27. The van der Waals surface area contributed by atoms with E-state index < -0.39 is 0 Å². The van der Waals surface area contributed by atoms with Crippen LogP contribution in [0.2, 0.25) is 0 Å². The molecule has 0 unspecified atom stereocenters. The summed E-state index contributed by atoms with van der Waals surface area (Å²) in [6, 6.07) is 8.95. The summed E-state index contributed by atoms with van der Waals surface area (Å²) in [5, 5.41) is 0. The van der Waals surface area contributed by atoms with E-state index in [1.54, 1.807) is 25.4 Å². The summed E-state index contributed by atoms with van der Waals surface area (Å²) in [6.45, 7) is 0. The van der Waals surface area contributed by atoms with E-state index in [1.807, 2.05) is 0 Å². The predicted molar refractivity (Wildman–Crippen MR) is 71.1 cm³/mol. The van der Waals surface area contributed by atoms with Crippen LogP contribution in [-0.4, -0.2) is 17.9 Å². The Hall–Kier alpha value is -1.75. The molecule has 0 saturated carbocycles. The van der Waals surface area contributed by atoms with E-state index in [9.17, 15) is 9.18 Å². The van der Waals surface area contributed by atoms with Gasteiger partial charge in [-0.2, -0.15) is 0 Å². The average Bonchev–Trinajstić information content (AvgIpc) is 2.39. The van der Waals surface area contributed by atoms with Crippen molar-refractivity contribution < 1.29 is 9.18 Å². The van der Waals surface area contributed by atoms with Crippen LogP contribution in [0, 0.1) is 5.82 Å². The molecule has 2 aromatic rings. The SMILES string of the molecule is CN(C(=O)c1ccc(F)cc1)c1ccc(Br)cn1. The van der Waals surface area contributed by atoms with Crippen LogP contribution >= 0.6 is 15.9 Å². The number of amides is 1. The van der Waals surface area contributed by atoms with E-state index in [2.05, 4.69) is 20.9 Å². The van der Waals surface area contributed by atoms with Gasteiger partial charge in [-0.15, -0.1) is 0 Å². The third kappa shape index (κ3) is 2.73. The maximum atomic E-state index is 12.8. The Morgan fingerprint density at radius 1 is 1.22 bits per heavy atom. The molecule has 0 bridgehead atoms. The minimum absolute atomic E-state index is 0.232. The molecule has 18 heavy (non-hydrogen) atoms. The second-order valence-electron chi connectivity index (χ2n) is 3.71. The van der Waals surface area contributed by atoms with Crippen molar-refractivity contribution in [2.24, 2.45) is 0 Å². The molecule has 0 spiro atoms. The molecule has 0 saturated heterocycles. The standard InChI is InChI=1S/C13H10BrFN2O/c1-17(12-7-4-10(14)8-16-12)13(18)9-2-5-11(15)6-3-9/h2-8H,1H3. The van der Waals surface area contributed by atoms with Crippen LogP contribution < -0.4 is 4.90 Å². The Morgan fingerprint density at radius 3 is 2.44 bits per heavy atom. The molecule has 0 N–H and O–H groups in total. The number of hydrogen-bond donors (Lipinski definition) is 0. The summed E-state index contributed by atoms with van der Waals surface area (Å²) in [7, 11) is 1.63. The molecule has 3 nitrogen and oxygen atoms in total. The zero-order valence-electron chi connectivity index (χ0n) is 9.60. The number of nitrogens with zero attached hydrogens (tertiary/aromatic N) is 2. The van der Waals surface area contributed by atoms with Gasteiger partial charge in [0.1, 0.15) is 11.6 Å². The Bertz CT molecular complexity index is 554. The summed E-state index contributed by atoms with van der Waals surface area (Å²) in [5.74, 6) is -0.0617. The van der Waals surface area contributed by atoms with Gasteiger partial charge in [-0.3, -0.25) is 9.69 Å². The van der Waals surface area contributed by atoms with Crippen molar-refractivity contribution in [2.45, 2.75) is 0 Å². The van der Waals surface area contributed by atoms with Gasteiger partial charge in [-0.05, 0) is 52.3 Å². The molecule has 1 amide bonds. The van der Waals surface area contributed by atoms with Gasteiger partial charge >= 0.3 is 0 Å². The van der Waals surface area contributed by atoms with E-state index in [4.69, 9.17) is 0 Å². The lowest BCUT2D eigenvalue weighted by molar-refractivity contribution is 0.0992. The van der Waals surface area contributed by atoms with E-state index >= 15 is 0 Å². The van der Waals surface area contributed by atoms with Crippen molar-refractivity contribution in [1.82, 2.24) is 4.98 Å². The summed E-state index contributed by atoms with van der Waals surface area (Å²) in [5.41, 5.74) is 0.420. The summed E-state index contributed by atoms with van der Waals surface area (Å²) < 4.78 is 13.6. The Morgan fingerprint density at radius 2 is 1.89 bits per heavy atom. The molecule has 0 radical (unpaired) electrons. The first-order chi connectivity index (χ1) is 8.58. The number of hydrogen-bond acceptors (Lipinski definition) is 2. The predicted octanol–water partition coefficient (Wildman–Crippen LogP) is 3.26. The minimum Gasteiger partial charge on any atom is -0.296 e. The Balaban J connectivity index is 2.23. The lowest BCUT2D eigenvalue weighted by Crippen LogP contribution is -2.26. The first kappa shape index (κ1) is 12.7. The molecule has 92 valence electrons. The van der Waals surface area contributed by atoms with Gasteiger partial charge in [0.2, 0.25) is 0 Å². The fraction of sp³-hybridized carbons (Fsp3) is 0.0769. The van der Waals surface area contributed by atoms with Gasteiger partial charge in [0.25, 0.3) is 5.91 Å². The van der Waals surface area contributed by atoms with E-state index in [1.165, 1.54) is 29.2 Å². The number of aromatic nitrogens is 1. The van der Waals surface area contributed by atoms with E-state index in [-0.39, 0.29) is 11.7 Å². The molecule has 0 fully saturated rings. The lowest BCUT2D eigenvalue weighted by Gasteiger charge is -2.16. The van der Waals surface area contributed by atoms with Crippen molar-refractivity contribution >= 4 is 27.7 Å². The number of carbonyl (C=O) groups is 1. The van der Waals surface area contributed by atoms with Gasteiger partial charge < -0.3 is 0 Å². The van der Waals surface area contributed by atoms with Gasteiger partial charge in [0, 0.05) is 23.3 Å². The van der Waals surface area contributed by atoms with Gasteiger partial charge in [-0.25, -0.2) is 9.37 Å². The van der Waals surface area contributed by atoms with Crippen LogP contribution in [0.1, 0.15) is 10.4 Å². The highest BCUT2D eigenvalue weighted by molar-refractivity contribution is 9.10. The Labute approximate surface area is 112 Å². The summed E-state index contributed by atoms with van der Waals surface area (Å²) >= 11 is 3.28. The van der Waals surface area contributed by atoms with Crippen LogP contribution in [0.15, 0.2) is 47.1 Å². The van der Waals surface area contributed by atoms with E-state index in [0.29, 0.717) is 11.4 Å². The average molecular weight is 309 g/mol. The fourth-order valence-corrected chi connectivity index (χ4v) is 1.69. The number of rotatable bonds is 2. The van der Waals surface area contributed by atoms with Crippen molar-refractivity contribution in [3.8, 4) is 0 Å². The largest absolute Gasteiger partial charge is 0.296 e. The molecule has 1 heterocycles. The highest BCUT2D eigenvalue weighted by atomic mass is 79.9. The van der Waals surface area contributed by atoms with Crippen molar-refractivity contribution in [3.63, 3.8) is 0 Å². The van der Waals surface area contributed by atoms with Gasteiger partial charge in [-0.1, -0.05) is 0 Å². The van der Waals surface area contributed by atoms with Crippen LogP contribution in [0.3, 0.4) is 0 Å². The maximum absolute atomic E-state index is 12.8. The first-order valence-corrected chi connectivity index (χ1v) is 6.02. The van der Waals surface area contributed by atoms with Crippen molar-refractivity contribution in [2.75, 3.05) is 11.9 Å². The van der Waals surface area contributed by atoms with Crippen LogP contribution in [0.5, 0.6) is 0 Å². The molecule has 0 aliphatic heterocycles. The number of benzene rings is 1. The highest BCUT2D eigenvalue weighted by Crippen LogP contribution is 2.16. The third-order valence-corrected chi connectivity index (χ3v) is 2.92. The zero-order chi connectivity index (χ0) is 13.1. The third-order valence-electron chi connectivity index (χ3n) is 2.45. The molecular formula is C13H10BrFN2O. The monoisotopic (exact) mass is 308 g/mol. The van der Waals surface area contributed by atoms with Crippen LogP contribution in [0.4, 0.5) is 10.2 Å². The number of anilines is 1. The van der Waals surface area contributed by atoms with Crippen molar-refractivity contribution in [3.05, 3.63) is 58.4 Å². The zero-order valence-corrected chi connectivity index (χ0v) is 11.2. The molecule has 0 aliphatic carbocycles. The lowest BCUT2D eigenvalue weighted by atomic mass is 10.2. The minimum atomic E-state index is -0.365. The first-order valence-electron chi connectivity index (χ1n) is 5.23. The maximum Gasteiger partial charge on any atom is 0.259 e. The molecule has 5 heteroatoms. The molecule has 0 aliphatic rings. The highest BCUT2D eigenvalue weighted by Gasteiger charge is 2.14. The number of pyridine rings is 1. The molecule has 2 rings (SSSR count). The topological polar surface area (TPSA) is 33.2 Å². The smallest absolute Gasteiger partial charge is 0.259 e. The van der Waals surface area contributed by atoms with Crippen LogP contribution in [0.25, 0.3) is 0 Å². The normalized spacial score (nSPS) is 10.2. The van der Waals surface area contributed by atoms with Crippen molar-refractivity contribution in [1.29, 1.82) is 0 Å². The van der Waals surface area contributed by atoms with Crippen LogP contribution in [-0.2, 0) is 0 Å². The Kier molecular flexibility index (Phi) is 3.72. The number of halogens is 2. The van der Waals surface area contributed by atoms with Gasteiger partial charge in [0.15, 0.2) is 0 Å². The number of carbonyl (C=O) groups excluding carboxylic acids is 1. The molecule has 1 aromatic carbocycles. The summed E-state index contributed by atoms with van der Waals surface area (Å²) in [4.78, 5) is 17.6. The van der Waals surface area contributed by atoms with Gasteiger partial charge in [0.05, 0.1) is 0 Å². The molecular weight excluding hydrogens is 299 g/mol. The molecule has 0 atom stereocenters. The molecule has 1 aromatic heterocycles. The second-order valence-corrected chi connectivity index (χ2v) is 4.62. The quantitative estimate of drug-likeness (QED) is 0.853. The van der Waals surface area contributed by atoms with E-state index in [0.717, 1.165) is 4.47 Å².